The lowest BCUT2D eigenvalue weighted by Crippen LogP contribution is -2.29. The van der Waals surface area contributed by atoms with E-state index in [0.717, 1.165) is 23.4 Å². The van der Waals surface area contributed by atoms with Gasteiger partial charge < -0.3 is 9.32 Å². The quantitative estimate of drug-likeness (QED) is 0.736. The number of hydrogen-bond acceptors (Lipinski definition) is 4. The van der Waals surface area contributed by atoms with E-state index in [1.54, 1.807) is 0 Å². The summed E-state index contributed by atoms with van der Waals surface area (Å²) in [6.45, 7) is 5.04. The highest BCUT2D eigenvalue weighted by Gasteiger charge is 2.30. The van der Waals surface area contributed by atoms with E-state index in [1.165, 1.54) is 0 Å². The molecule has 1 aliphatic heterocycles. The second-order valence-corrected chi connectivity index (χ2v) is 6.47. The van der Waals surface area contributed by atoms with E-state index in [0.29, 0.717) is 24.4 Å². The summed E-state index contributed by atoms with van der Waals surface area (Å²) >= 11 is 0. The Morgan fingerprint density at radius 3 is 2.76 bits per heavy atom. The lowest BCUT2D eigenvalue weighted by atomic mass is 10.2. The minimum absolute atomic E-state index is 0.0280. The molecule has 25 heavy (non-hydrogen) atoms. The number of furan rings is 1. The molecule has 128 valence electrons. The summed E-state index contributed by atoms with van der Waals surface area (Å²) < 4.78 is 7.36. The van der Waals surface area contributed by atoms with Crippen LogP contribution in [0.3, 0.4) is 0 Å². The van der Waals surface area contributed by atoms with Crippen LogP contribution in [-0.4, -0.2) is 38.9 Å². The average Bonchev–Trinajstić information content (AvgIpc) is 3.34. The Bertz CT molecular complexity index is 897. The second-order valence-electron chi connectivity index (χ2n) is 6.47. The molecule has 1 aromatic carbocycles. The van der Waals surface area contributed by atoms with Crippen LogP contribution in [0.1, 0.15) is 34.3 Å². The number of likely N-dealkylation sites (tertiary alicyclic amines) is 1. The maximum atomic E-state index is 12.7. The number of hydrogen-bond donors (Lipinski definition) is 0. The summed E-state index contributed by atoms with van der Waals surface area (Å²) in [7, 11) is 0. The van der Waals surface area contributed by atoms with Gasteiger partial charge in [0.05, 0.1) is 17.8 Å². The SMILES string of the molecule is Cc1cc(C(=O)N2CC[C@H](n3cc(-c4ccccc4)nn3)C2)c(C)o1. The van der Waals surface area contributed by atoms with E-state index < -0.39 is 0 Å². The van der Waals surface area contributed by atoms with E-state index >= 15 is 0 Å². The molecule has 0 aliphatic carbocycles. The van der Waals surface area contributed by atoms with Crippen LogP contribution >= 0.6 is 0 Å². The fraction of sp³-hybridized carbons (Fsp3) is 0.316. The van der Waals surface area contributed by atoms with Crippen molar-refractivity contribution >= 4 is 5.91 Å². The topological polar surface area (TPSA) is 64.2 Å². The molecule has 1 aliphatic rings. The van der Waals surface area contributed by atoms with Crippen LogP contribution in [0.25, 0.3) is 11.3 Å². The van der Waals surface area contributed by atoms with Crippen molar-refractivity contribution in [3.8, 4) is 11.3 Å². The normalized spacial score (nSPS) is 17.2. The van der Waals surface area contributed by atoms with Crippen LogP contribution in [-0.2, 0) is 0 Å². The van der Waals surface area contributed by atoms with Crippen LogP contribution < -0.4 is 0 Å². The van der Waals surface area contributed by atoms with Crippen LogP contribution in [0.5, 0.6) is 0 Å². The number of aryl methyl sites for hydroxylation is 2. The molecular formula is C19H20N4O2. The van der Waals surface area contributed by atoms with Gasteiger partial charge in [0.25, 0.3) is 5.91 Å². The number of benzene rings is 1. The molecule has 0 N–H and O–H groups in total. The molecule has 6 heteroatoms. The number of carbonyl (C=O) groups excluding carboxylic acids is 1. The van der Waals surface area contributed by atoms with Gasteiger partial charge in [-0.05, 0) is 26.3 Å². The van der Waals surface area contributed by atoms with Crippen LogP contribution in [0.2, 0.25) is 0 Å². The van der Waals surface area contributed by atoms with Crippen LogP contribution in [0.15, 0.2) is 47.0 Å². The summed E-state index contributed by atoms with van der Waals surface area (Å²) in [6, 6.07) is 12.0. The van der Waals surface area contributed by atoms with Gasteiger partial charge in [-0.1, -0.05) is 35.5 Å². The van der Waals surface area contributed by atoms with Crippen molar-refractivity contribution < 1.29 is 9.21 Å². The predicted octanol–water partition coefficient (Wildman–Crippen LogP) is 3.24. The first kappa shape index (κ1) is 15.6. The van der Waals surface area contributed by atoms with Gasteiger partial charge in [0.15, 0.2) is 0 Å². The molecular weight excluding hydrogens is 316 g/mol. The van der Waals surface area contributed by atoms with Crippen molar-refractivity contribution in [3.05, 3.63) is 59.7 Å². The number of rotatable bonds is 3. The highest BCUT2D eigenvalue weighted by molar-refractivity contribution is 5.95. The number of carbonyl (C=O) groups is 1. The fourth-order valence-corrected chi connectivity index (χ4v) is 3.35. The Hall–Kier alpha value is -2.89. The van der Waals surface area contributed by atoms with Crippen LogP contribution in [0.4, 0.5) is 0 Å². The monoisotopic (exact) mass is 336 g/mol. The van der Waals surface area contributed by atoms with Crippen molar-refractivity contribution in [2.45, 2.75) is 26.3 Å². The molecule has 1 fully saturated rings. The van der Waals surface area contributed by atoms with E-state index in [2.05, 4.69) is 10.3 Å². The average molecular weight is 336 g/mol. The molecule has 1 amide bonds. The van der Waals surface area contributed by atoms with Gasteiger partial charge in [0.1, 0.15) is 17.2 Å². The molecule has 0 spiro atoms. The standard InChI is InChI=1S/C19H20N4O2/c1-13-10-17(14(2)25-13)19(24)22-9-8-16(11-22)23-12-18(20-21-23)15-6-4-3-5-7-15/h3-7,10,12,16H,8-9,11H2,1-2H3/t16-/m0/s1. The summed E-state index contributed by atoms with van der Waals surface area (Å²) in [4.78, 5) is 14.6. The first-order chi connectivity index (χ1) is 12.1. The Morgan fingerprint density at radius 1 is 1.24 bits per heavy atom. The first-order valence-electron chi connectivity index (χ1n) is 8.45. The van der Waals surface area contributed by atoms with Gasteiger partial charge in [0.2, 0.25) is 0 Å². The van der Waals surface area contributed by atoms with Gasteiger partial charge in [0, 0.05) is 18.7 Å². The zero-order valence-corrected chi connectivity index (χ0v) is 14.3. The van der Waals surface area contributed by atoms with Crippen molar-refractivity contribution in [2.24, 2.45) is 0 Å². The second kappa shape index (κ2) is 6.20. The smallest absolute Gasteiger partial charge is 0.257 e. The third-order valence-electron chi connectivity index (χ3n) is 4.68. The molecule has 0 radical (unpaired) electrons. The number of amides is 1. The summed E-state index contributed by atoms with van der Waals surface area (Å²) in [6.07, 6.45) is 2.83. The van der Waals surface area contributed by atoms with Gasteiger partial charge in [-0.2, -0.15) is 0 Å². The van der Waals surface area contributed by atoms with Gasteiger partial charge in [-0.15, -0.1) is 5.10 Å². The van der Waals surface area contributed by atoms with E-state index in [1.807, 2.05) is 66.0 Å². The summed E-state index contributed by atoms with van der Waals surface area (Å²) in [5.41, 5.74) is 2.55. The predicted molar refractivity (Wildman–Crippen MR) is 93.2 cm³/mol. The van der Waals surface area contributed by atoms with E-state index in [4.69, 9.17) is 4.42 Å². The Labute approximate surface area is 146 Å². The third kappa shape index (κ3) is 2.95. The van der Waals surface area contributed by atoms with Gasteiger partial charge in [-0.3, -0.25) is 4.79 Å². The third-order valence-corrected chi connectivity index (χ3v) is 4.68. The van der Waals surface area contributed by atoms with Crippen molar-refractivity contribution in [2.75, 3.05) is 13.1 Å². The molecule has 0 saturated carbocycles. The molecule has 2 aromatic heterocycles. The molecule has 1 atom stereocenters. The van der Waals surface area contributed by atoms with E-state index in [-0.39, 0.29) is 11.9 Å². The van der Waals surface area contributed by atoms with Crippen molar-refractivity contribution in [3.63, 3.8) is 0 Å². The fourth-order valence-electron chi connectivity index (χ4n) is 3.35. The Kier molecular flexibility index (Phi) is 3.87. The Morgan fingerprint density at radius 2 is 2.04 bits per heavy atom. The summed E-state index contributed by atoms with van der Waals surface area (Å²) in [5.74, 6) is 1.47. The highest BCUT2D eigenvalue weighted by Crippen LogP contribution is 2.26. The molecule has 1 saturated heterocycles. The highest BCUT2D eigenvalue weighted by atomic mass is 16.3. The zero-order chi connectivity index (χ0) is 17.4. The maximum Gasteiger partial charge on any atom is 0.257 e. The lowest BCUT2D eigenvalue weighted by Gasteiger charge is -2.16. The minimum atomic E-state index is 0.0280. The van der Waals surface area contributed by atoms with Crippen molar-refractivity contribution in [1.82, 2.24) is 19.9 Å². The van der Waals surface area contributed by atoms with Crippen LogP contribution in [0, 0.1) is 13.8 Å². The first-order valence-corrected chi connectivity index (χ1v) is 8.45. The largest absolute Gasteiger partial charge is 0.466 e. The molecule has 0 bridgehead atoms. The van der Waals surface area contributed by atoms with E-state index in [9.17, 15) is 4.79 Å². The maximum absolute atomic E-state index is 12.7. The molecule has 0 unspecified atom stereocenters. The minimum Gasteiger partial charge on any atom is -0.466 e. The number of aromatic nitrogens is 3. The molecule has 6 nitrogen and oxygen atoms in total. The molecule has 3 heterocycles. The molecule has 4 rings (SSSR count). The van der Waals surface area contributed by atoms with Gasteiger partial charge in [-0.25, -0.2) is 4.68 Å². The van der Waals surface area contributed by atoms with Crippen molar-refractivity contribution in [1.29, 1.82) is 0 Å². The zero-order valence-electron chi connectivity index (χ0n) is 14.3. The Balaban J connectivity index is 1.49. The summed E-state index contributed by atoms with van der Waals surface area (Å²) in [5, 5.41) is 8.54. The van der Waals surface area contributed by atoms with Gasteiger partial charge >= 0.3 is 0 Å². The lowest BCUT2D eigenvalue weighted by molar-refractivity contribution is 0.0785. The number of nitrogens with zero attached hydrogens (tertiary/aromatic N) is 4. The molecule has 3 aromatic rings.